The van der Waals surface area contributed by atoms with Crippen molar-refractivity contribution in [3.63, 3.8) is 0 Å². The molecule has 2 atom stereocenters. The number of urea groups is 1. The highest BCUT2D eigenvalue weighted by Crippen LogP contribution is 2.45. The molecule has 0 radical (unpaired) electrons. The van der Waals surface area contributed by atoms with Crippen LogP contribution in [0.4, 0.5) is 4.79 Å². The minimum absolute atomic E-state index is 0.0733. The fourth-order valence-corrected chi connectivity index (χ4v) is 4.27. The molecular weight excluding hydrogens is 322 g/mol. The molecule has 1 aromatic carbocycles. The first kappa shape index (κ1) is 15.6. The van der Waals surface area contributed by atoms with Crippen LogP contribution in [0.2, 0.25) is 5.02 Å². The van der Waals surface area contributed by atoms with Gasteiger partial charge in [0.1, 0.15) is 11.4 Å². The molecule has 0 aliphatic carbocycles. The Bertz CT molecular complexity index is 593. The fourth-order valence-electron chi connectivity index (χ4n) is 2.73. The molecule has 118 valence electrons. The normalized spacial score (nSPS) is 24.5. The summed E-state index contributed by atoms with van der Waals surface area (Å²) in [6.45, 7) is 1.12. The number of halogens is 1. The Morgan fingerprint density at radius 3 is 2.59 bits per heavy atom. The number of benzene rings is 1. The topological polar surface area (TPSA) is 43.9 Å². The zero-order valence-corrected chi connectivity index (χ0v) is 14.1. The molecule has 0 unspecified atom stereocenters. The van der Waals surface area contributed by atoms with Crippen LogP contribution in [-0.2, 0) is 4.79 Å². The summed E-state index contributed by atoms with van der Waals surface area (Å²) in [6, 6.07) is 6.96. The zero-order valence-electron chi connectivity index (χ0n) is 12.5. The minimum atomic E-state index is -0.333. The second-order valence-corrected chi connectivity index (χ2v) is 7.29. The highest BCUT2D eigenvalue weighted by molar-refractivity contribution is 7.99. The Morgan fingerprint density at radius 1 is 1.27 bits per heavy atom. The van der Waals surface area contributed by atoms with Crippen molar-refractivity contribution in [2.45, 2.75) is 11.4 Å². The van der Waals surface area contributed by atoms with E-state index in [9.17, 15) is 9.59 Å². The third kappa shape index (κ3) is 2.71. The molecule has 2 saturated heterocycles. The predicted octanol–water partition coefficient (Wildman–Crippen LogP) is 2.28. The third-order valence-electron chi connectivity index (χ3n) is 3.93. The van der Waals surface area contributed by atoms with Crippen LogP contribution >= 0.6 is 23.4 Å². The van der Waals surface area contributed by atoms with Crippen molar-refractivity contribution in [3.05, 3.63) is 34.9 Å². The number of carbonyl (C=O) groups excluding carboxylic acids is 2. The summed E-state index contributed by atoms with van der Waals surface area (Å²) in [5.41, 5.74) is 1.01. The van der Waals surface area contributed by atoms with Crippen LogP contribution in [0.25, 0.3) is 0 Å². The van der Waals surface area contributed by atoms with Crippen LogP contribution in [0.3, 0.4) is 0 Å². The molecule has 5 nitrogen and oxygen atoms in total. The highest BCUT2D eigenvalue weighted by atomic mass is 35.5. The van der Waals surface area contributed by atoms with Gasteiger partial charge in [0.2, 0.25) is 0 Å². The maximum Gasteiger partial charge on any atom is 0.328 e. The van der Waals surface area contributed by atoms with Gasteiger partial charge in [0.05, 0.1) is 0 Å². The van der Waals surface area contributed by atoms with E-state index in [1.807, 2.05) is 43.3 Å². The molecule has 2 aliphatic rings. The molecule has 2 fully saturated rings. The van der Waals surface area contributed by atoms with Crippen LogP contribution in [0, 0.1) is 0 Å². The summed E-state index contributed by atoms with van der Waals surface area (Å²) < 4.78 is 0. The second-order valence-electron chi connectivity index (χ2n) is 5.74. The maximum absolute atomic E-state index is 12.6. The molecule has 1 aromatic rings. The summed E-state index contributed by atoms with van der Waals surface area (Å²) >= 11 is 7.55. The Hall–Kier alpha value is -1.24. The van der Waals surface area contributed by atoms with Crippen molar-refractivity contribution in [1.82, 2.24) is 14.7 Å². The number of nitrogens with zero attached hydrogens (tertiary/aromatic N) is 3. The van der Waals surface area contributed by atoms with Gasteiger partial charge in [-0.05, 0) is 31.8 Å². The van der Waals surface area contributed by atoms with Gasteiger partial charge in [-0.2, -0.15) is 0 Å². The first-order valence-corrected chi connectivity index (χ1v) is 8.57. The standard InChI is InChI=1S/C15H18ClN3O2S/c1-17(2)7-8-18-13(20)12-9-22-14(19(12)15(18)21)10-3-5-11(16)6-4-10/h3-6,12,14H,7-9H2,1-2H3/t12-,14-/m0/s1. The molecule has 2 aliphatic heterocycles. The lowest BCUT2D eigenvalue weighted by Crippen LogP contribution is -2.38. The van der Waals surface area contributed by atoms with Crippen LogP contribution in [-0.4, -0.2) is 65.6 Å². The largest absolute Gasteiger partial charge is 0.328 e. The molecular formula is C15H18ClN3O2S. The fraction of sp³-hybridized carbons (Fsp3) is 0.467. The monoisotopic (exact) mass is 339 g/mol. The Kier molecular flexibility index (Phi) is 4.34. The summed E-state index contributed by atoms with van der Waals surface area (Å²) in [4.78, 5) is 30.1. The van der Waals surface area contributed by atoms with Gasteiger partial charge < -0.3 is 4.90 Å². The van der Waals surface area contributed by atoms with E-state index >= 15 is 0 Å². The number of rotatable bonds is 4. The number of imide groups is 1. The van der Waals surface area contributed by atoms with Crippen LogP contribution in [0.5, 0.6) is 0 Å². The van der Waals surface area contributed by atoms with E-state index in [1.165, 1.54) is 4.90 Å². The molecule has 0 spiro atoms. The van der Waals surface area contributed by atoms with Crippen molar-refractivity contribution in [3.8, 4) is 0 Å². The molecule has 2 heterocycles. The van der Waals surface area contributed by atoms with E-state index in [1.54, 1.807) is 16.7 Å². The van der Waals surface area contributed by atoms with E-state index in [0.29, 0.717) is 23.9 Å². The lowest BCUT2D eigenvalue weighted by Gasteiger charge is -2.23. The van der Waals surface area contributed by atoms with Crippen molar-refractivity contribution in [1.29, 1.82) is 0 Å². The lowest BCUT2D eigenvalue weighted by atomic mass is 10.2. The Morgan fingerprint density at radius 2 is 1.95 bits per heavy atom. The van der Waals surface area contributed by atoms with E-state index in [4.69, 9.17) is 11.6 Å². The van der Waals surface area contributed by atoms with Gasteiger partial charge in [0.15, 0.2) is 0 Å². The molecule has 7 heteroatoms. The van der Waals surface area contributed by atoms with Gasteiger partial charge >= 0.3 is 6.03 Å². The molecule has 0 bridgehead atoms. The van der Waals surface area contributed by atoms with Gasteiger partial charge in [-0.15, -0.1) is 11.8 Å². The van der Waals surface area contributed by atoms with Crippen molar-refractivity contribution < 1.29 is 9.59 Å². The molecule has 3 amide bonds. The van der Waals surface area contributed by atoms with Crippen LogP contribution < -0.4 is 0 Å². The highest BCUT2D eigenvalue weighted by Gasteiger charge is 2.52. The molecule has 0 N–H and O–H groups in total. The summed E-state index contributed by atoms with van der Waals surface area (Å²) in [5.74, 6) is 0.576. The van der Waals surface area contributed by atoms with Gasteiger partial charge in [-0.3, -0.25) is 14.6 Å². The van der Waals surface area contributed by atoms with E-state index < -0.39 is 0 Å². The van der Waals surface area contributed by atoms with Crippen molar-refractivity contribution >= 4 is 35.3 Å². The SMILES string of the molecule is CN(C)CCN1C(=O)[C@@H]2CS[C@@H](c3ccc(Cl)cc3)N2C1=O. The molecule has 0 saturated carbocycles. The number of fused-ring (bicyclic) bond motifs is 1. The average Bonchev–Trinajstić information content (AvgIpc) is 3.00. The maximum atomic E-state index is 12.6. The Balaban J connectivity index is 1.80. The molecule has 22 heavy (non-hydrogen) atoms. The summed E-state index contributed by atoms with van der Waals surface area (Å²) in [5, 5.41) is 0.558. The van der Waals surface area contributed by atoms with E-state index in [-0.39, 0.29) is 23.4 Å². The number of hydrogen-bond donors (Lipinski definition) is 0. The summed E-state index contributed by atoms with van der Waals surface area (Å²) in [6.07, 6.45) is 0. The quantitative estimate of drug-likeness (QED) is 0.789. The van der Waals surface area contributed by atoms with Gasteiger partial charge in [-0.25, -0.2) is 4.79 Å². The number of hydrogen-bond acceptors (Lipinski definition) is 4. The lowest BCUT2D eigenvalue weighted by molar-refractivity contribution is -0.127. The minimum Gasteiger partial charge on any atom is -0.308 e. The van der Waals surface area contributed by atoms with Gasteiger partial charge in [0.25, 0.3) is 5.91 Å². The van der Waals surface area contributed by atoms with Crippen molar-refractivity contribution in [2.75, 3.05) is 32.9 Å². The molecule has 0 aromatic heterocycles. The smallest absolute Gasteiger partial charge is 0.308 e. The number of amides is 3. The van der Waals surface area contributed by atoms with Crippen LogP contribution in [0.15, 0.2) is 24.3 Å². The summed E-state index contributed by atoms with van der Waals surface area (Å²) in [7, 11) is 3.86. The van der Waals surface area contributed by atoms with E-state index in [2.05, 4.69) is 0 Å². The first-order chi connectivity index (χ1) is 10.5. The predicted molar refractivity (Wildman–Crippen MR) is 87.9 cm³/mol. The number of likely N-dealkylation sites (N-methyl/N-ethyl adjacent to an activating group) is 1. The van der Waals surface area contributed by atoms with Gasteiger partial charge in [-0.1, -0.05) is 23.7 Å². The first-order valence-electron chi connectivity index (χ1n) is 7.14. The zero-order chi connectivity index (χ0) is 15.9. The van der Waals surface area contributed by atoms with Crippen molar-refractivity contribution in [2.24, 2.45) is 0 Å². The second kappa shape index (κ2) is 6.10. The van der Waals surface area contributed by atoms with Crippen LogP contribution in [0.1, 0.15) is 10.9 Å². The Labute approximate surface area is 139 Å². The van der Waals surface area contributed by atoms with Gasteiger partial charge in [0, 0.05) is 23.9 Å². The number of thioether (sulfide) groups is 1. The average molecular weight is 340 g/mol. The van der Waals surface area contributed by atoms with E-state index in [0.717, 1.165) is 5.56 Å². The number of carbonyl (C=O) groups is 2. The molecule has 3 rings (SSSR count). The third-order valence-corrected chi connectivity index (χ3v) is 5.50.